The third kappa shape index (κ3) is 6.43. The van der Waals surface area contributed by atoms with Crippen LogP contribution in [0.3, 0.4) is 0 Å². The van der Waals surface area contributed by atoms with E-state index in [1.165, 1.54) is 18.3 Å². The van der Waals surface area contributed by atoms with Crippen molar-refractivity contribution >= 4 is 27.3 Å². The van der Waals surface area contributed by atoms with Gasteiger partial charge in [0, 0.05) is 30.9 Å². The van der Waals surface area contributed by atoms with Gasteiger partial charge in [-0.15, -0.1) is 11.3 Å². The lowest BCUT2D eigenvalue weighted by molar-refractivity contribution is -0.118. The van der Waals surface area contributed by atoms with Crippen LogP contribution in [-0.2, 0) is 21.2 Å². The molecule has 0 fully saturated rings. The highest BCUT2D eigenvalue weighted by Gasteiger charge is 2.21. The second kappa shape index (κ2) is 8.61. The highest BCUT2D eigenvalue weighted by atomic mass is 32.2. The number of amides is 1. The summed E-state index contributed by atoms with van der Waals surface area (Å²) in [7, 11) is -3.54. The molecule has 1 heterocycles. The first-order chi connectivity index (χ1) is 10.2. The molecule has 0 aliphatic carbocycles. The van der Waals surface area contributed by atoms with Crippen LogP contribution in [0.15, 0.2) is 16.3 Å². The summed E-state index contributed by atoms with van der Waals surface area (Å²) in [6.45, 7) is 6.29. The van der Waals surface area contributed by atoms with Gasteiger partial charge in [-0.2, -0.15) is 0 Å². The summed E-state index contributed by atoms with van der Waals surface area (Å²) in [5.74, 6) is 0.276. The Morgan fingerprint density at radius 1 is 1.36 bits per heavy atom. The zero-order valence-electron chi connectivity index (χ0n) is 13.3. The summed E-state index contributed by atoms with van der Waals surface area (Å²) in [5, 5.41) is 2.69. The Balaban J connectivity index is 2.69. The van der Waals surface area contributed by atoms with Crippen molar-refractivity contribution in [3.63, 3.8) is 0 Å². The summed E-state index contributed by atoms with van der Waals surface area (Å²) >= 11 is 1.22. The summed E-state index contributed by atoms with van der Waals surface area (Å²) in [6.07, 6.45) is 1.32. The molecule has 0 aromatic carbocycles. The molecule has 0 bridgehead atoms. The van der Waals surface area contributed by atoms with Crippen molar-refractivity contribution < 1.29 is 13.2 Å². The molecule has 0 spiro atoms. The van der Waals surface area contributed by atoms with Crippen LogP contribution in [0.25, 0.3) is 0 Å². The molecule has 8 heteroatoms. The van der Waals surface area contributed by atoms with Gasteiger partial charge in [-0.05, 0) is 30.9 Å². The van der Waals surface area contributed by atoms with Crippen molar-refractivity contribution in [2.45, 2.75) is 43.9 Å². The molecule has 0 saturated carbocycles. The fourth-order valence-corrected chi connectivity index (χ4v) is 4.67. The highest BCUT2D eigenvalue weighted by Crippen LogP contribution is 2.22. The molecular weight excluding hydrogens is 322 g/mol. The van der Waals surface area contributed by atoms with Crippen LogP contribution in [-0.4, -0.2) is 33.5 Å². The number of nitrogens with two attached hydrogens (primary N) is 1. The number of hydrogen-bond donors (Lipinski definition) is 3. The van der Waals surface area contributed by atoms with E-state index in [9.17, 15) is 13.2 Å². The Morgan fingerprint density at radius 3 is 2.59 bits per heavy atom. The topological polar surface area (TPSA) is 101 Å². The molecule has 6 nitrogen and oxygen atoms in total. The minimum atomic E-state index is -3.54. The van der Waals surface area contributed by atoms with Crippen LogP contribution in [0, 0.1) is 5.92 Å². The lowest BCUT2D eigenvalue weighted by Gasteiger charge is -2.18. The van der Waals surface area contributed by atoms with Gasteiger partial charge >= 0.3 is 0 Å². The van der Waals surface area contributed by atoms with E-state index in [1.54, 1.807) is 12.1 Å². The SMILES string of the molecule is CC(=O)NCCc1ccc(S(=O)(=O)NC(CN)CC(C)C)s1. The highest BCUT2D eigenvalue weighted by molar-refractivity contribution is 7.91. The lowest BCUT2D eigenvalue weighted by atomic mass is 10.1. The van der Waals surface area contributed by atoms with Crippen LogP contribution in [0.2, 0.25) is 0 Å². The van der Waals surface area contributed by atoms with Crippen LogP contribution in [0.5, 0.6) is 0 Å². The van der Waals surface area contributed by atoms with E-state index in [1.807, 2.05) is 13.8 Å². The molecule has 0 aliphatic rings. The van der Waals surface area contributed by atoms with Gasteiger partial charge in [0.15, 0.2) is 0 Å². The molecule has 4 N–H and O–H groups in total. The van der Waals surface area contributed by atoms with Crippen molar-refractivity contribution in [2.24, 2.45) is 11.7 Å². The Bertz CT molecular complexity index is 582. The third-order valence-electron chi connectivity index (χ3n) is 3.01. The minimum absolute atomic E-state index is 0.0921. The predicted octanol–water partition coefficient (Wildman–Crippen LogP) is 1.08. The van der Waals surface area contributed by atoms with Crippen LogP contribution < -0.4 is 15.8 Å². The van der Waals surface area contributed by atoms with E-state index >= 15 is 0 Å². The van der Waals surface area contributed by atoms with Gasteiger partial charge in [0.25, 0.3) is 0 Å². The van der Waals surface area contributed by atoms with E-state index in [2.05, 4.69) is 10.0 Å². The summed E-state index contributed by atoms with van der Waals surface area (Å²) < 4.78 is 27.7. The zero-order chi connectivity index (χ0) is 16.8. The number of carbonyl (C=O) groups excluding carboxylic acids is 1. The molecule has 0 radical (unpaired) electrons. The molecule has 1 aromatic rings. The van der Waals surface area contributed by atoms with Crippen LogP contribution >= 0.6 is 11.3 Å². The number of rotatable bonds is 9. The Labute approximate surface area is 136 Å². The fourth-order valence-electron chi connectivity index (χ4n) is 2.04. The van der Waals surface area contributed by atoms with E-state index < -0.39 is 10.0 Å². The number of sulfonamides is 1. The second-order valence-corrected chi connectivity index (χ2v) is 8.75. The molecule has 1 unspecified atom stereocenters. The quantitative estimate of drug-likeness (QED) is 0.622. The average molecular weight is 348 g/mol. The Morgan fingerprint density at radius 2 is 2.05 bits per heavy atom. The fraction of sp³-hybridized carbons (Fsp3) is 0.643. The monoisotopic (exact) mass is 347 g/mol. The smallest absolute Gasteiger partial charge is 0.250 e. The van der Waals surface area contributed by atoms with E-state index in [-0.39, 0.29) is 22.7 Å². The van der Waals surface area contributed by atoms with Gasteiger partial charge in [-0.25, -0.2) is 13.1 Å². The lowest BCUT2D eigenvalue weighted by Crippen LogP contribution is -2.40. The van der Waals surface area contributed by atoms with E-state index in [0.717, 1.165) is 4.88 Å². The average Bonchev–Trinajstić information content (AvgIpc) is 2.86. The Hall–Kier alpha value is -0.960. The van der Waals surface area contributed by atoms with Gasteiger partial charge in [0.05, 0.1) is 0 Å². The first-order valence-corrected chi connectivity index (χ1v) is 9.60. The molecule has 22 heavy (non-hydrogen) atoms. The second-order valence-electron chi connectivity index (χ2n) is 5.64. The number of hydrogen-bond acceptors (Lipinski definition) is 5. The van der Waals surface area contributed by atoms with Gasteiger partial charge in [0.2, 0.25) is 15.9 Å². The van der Waals surface area contributed by atoms with E-state index in [0.29, 0.717) is 25.3 Å². The number of nitrogens with one attached hydrogen (secondary N) is 2. The van der Waals surface area contributed by atoms with Gasteiger partial charge in [-0.1, -0.05) is 13.8 Å². The maximum atomic E-state index is 12.4. The number of thiophene rings is 1. The molecule has 1 amide bonds. The first-order valence-electron chi connectivity index (χ1n) is 7.30. The van der Waals surface area contributed by atoms with Crippen molar-refractivity contribution in [1.29, 1.82) is 0 Å². The van der Waals surface area contributed by atoms with E-state index in [4.69, 9.17) is 5.73 Å². The van der Waals surface area contributed by atoms with Gasteiger partial charge in [0.1, 0.15) is 4.21 Å². The first kappa shape index (κ1) is 19.1. The Kier molecular flexibility index (Phi) is 7.47. The molecular formula is C14H25N3O3S2. The largest absolute Gasteiger partial charge is 0.356 e. The molecule has 1 atom stereocenters. The standard InChI is InChI=1S/C14H25N3O3S2/c1-10(2)8-12(9-15)17-22(19,20)14-5-4-13(21-14)6-7-16-11(3)18/h4-5,10,12,17H,6-9,15H2,1-3H3,(H,16,18). The molecule has 0 saturated heterocycles. The predicted molar refractivity (Wildman–Crippen MR) is 89.3 cm³/mol. The van der Waals surface area contributed by atoms with Crippen LogP contribution in [0.1, 0.15) is 32.1 Å². The van der Waals surface area contributed by atoms with Crippen molar-refractivity contribution in [3.05, 3.63) is 17.0 Å². The summed E-state index contributed by atoms with van der Waals surface area (Å²) in [5.41, 5.74) is 5.64. The number of carbonyl (C=O) groups is 1. The minimum Gasteiger partial charge on any atom is -0.356 e. The van der Waals surface area contributed by atoms with Crippen molar-refractivity contribution in [3.8, 4) is 0 Å². The van der Waals surface area contributed by atoms with Crippen LogP contribution in [0.4, 0.5) is 0 Å². The van der Waals surface area contributed by atoms with Gasteiger partial charge < -0.3 is 11.1 Å². The van der Waals surface area contributed by atoms with Crippen molar-refractivity contribution in [1.82, 2.24) is 10.0 Å². The molecule has 1 rings (SSSR count). The maximum absolute atomic E-state index is 12.4. The maximum Gasteiger partial charge on any atom is 0.250 e. The molecule has 126 valence electrons. The summed E-state index contributed by atoms with van der Waals surface area (Å²) in [6, 6.07) is 3.12. The summed E-state index contributed by atoms with van der Waals surface area (Å²) in [4.78, 5) is 11.7. The zero-order valence-corrected chi connectivity index (χ0v) is 14.9. The third-order valence-corrected chi connectivity index (χ3v) is 6.17. The van der Waals surface area contributed by atoms with Gasteiger partial charge in [-0.3, -0.25) is 4.79 Å². The normalized spacial score (nSPS) is 13.3. The molecule has 0 aliphatic heterocycles. The van der Waals surface area contributed by atoms with Crippen molar-refractivity contribution in [2.75, 3.05) is 13.1 Å². The molecule has 1 aromatic heterocycles.